The molecule has 1 aromatic rings. The molecule has 1 aromatic carbocycles. The molecule has 0 N–H and O–H groups in total. The maximum absolute atomic E-state index is 12.2. The van der Waals surface area contributed by atoms with Crippen LogP contribution in [-0.2, 0) is 14.3 Å². The molecule has 104 valence electrons. The molecule has 1 aliphatic rings. The summed E-state index contributed by atoms with van der Waals surface area (Å²) in [5, 5.41) is 0. The highest BCUT2D eigenvalue weighted by molar-refractivity contribution is 6.26. The van der Waals surface area contributed by atoms with Crippen LogP contribution in [0, 0.1) is 0 Å². The number of allylic oxidation sites excluding steroid dienone is 4. The molecule has 20 heavy (non-hydrogen) atoms. The summed E-state index contributed by atoms with van der Waals surface area (Å²) in [4.78, 5) is 23.2. The molecule has 0 heterocycles. The van der Waals surface area contributed by atoms with E-state index >= 15 is 0 Å². The van der Waals surface area contributed by atoms with Gasteiger partial charge in [-0.25, -0.2) is 0 Å². The van der Waals surface area contributed by atoms with Gasteiger partial charge in [-0.15, -0.1) is 0 Å². The number of Topliss-reactive ketones (excluding diaryl/α,β-unsaturated/α-hetero) is 1. The predicted octanol–water partition coefficient (Wildman–Crippen LogP) is 3.31. The molecule has 0 bridgehead atoms. The normalized spacial score (nSPS) is 16.9. The van der Waals surface area contributed by atoms with Gasteiger partial charge in [-0.05, 0) is 30.1 Å². The Kier molecular flexibility index (Phi) is 4.51. The lowest BCUT2D eigenvalue weighted by atomic mass is 10.0. The van der Waals surface area contributed by atoms with E-state index in [-0.39, 0.29) is 11.8 Å². The predicted molar refractivity (Wildman–Crippen MR) is 78.0 cm³/mol. The molecular weight excluding hydrogens is 252 g/mol. The minimum Gasteiger partial charge on any atom is -0.469 e. The number of carbonyl (C=O) groups is 2. The quantitative estimate of drug-likeness (QED) is 0.788. The van der Waals surface area contributed by atoms with Crippen LogP contribution in [0.1, 0.15) is 31.7 Å². The third kappa shape index (κ3) is 3.05. The van der Waals surface area contributed by atoms with Crippen molar-refractivity contribution in [2.75, 3.05) is 7.11 Å². The molecule has 0 unspecified atom stereocenters. The molecule has 0 amide bonds. The number of methoxy groups -OCH3 is 1. The number of benzene rings is 1. The van der Waals surface area contributed by atoms with Gasteiger partial charge in [0.05, 0.1) is 7.11 Å². The highest BCUT2D eigenvalue weighted by atomic mass is 16.5. The smallest absolute Gasteiger partial charge is 0.305 e. The van der Waals surface area contributed by atoms with Crippen molar-refractivity contribution in [2.24, 2.45) is 0 Å². The minimum atomic E-state index is -0.226. The lowest BCUT2D eigenvalue weighted by molar-refractivity contribution is -0.140. The summed E-state index contributed by atoms with van der Waals surface area (Å²) in [6, 6.07) is 9.71. The van der Waals surface area contributed by atoms with Gasteiger partial charge in [0.1, 0.15) is 0 Å². The summed E-state index contributed by atoms with van der Waals surface area (Å²) in [6.45, 7) is 1.97. The SMILES string of the molecule is COC(=O)CC/C=C1/CC(=O)C(c2ccccc2)=C1C. The number of rotatable bonds is 4. The van der Waals surface area contributed by atoms with Crippen LogP contribution in [0.15, 0.2) is 47.6 Å². The van der Waals surface area contributed by atoms with E-state index in [1.807, 2.05) is 43.3 Å². The first-order chi connectivity index (χ1) is 9.63. The van der Waals surface area contributed by atoms with Crippen molar-refractivity contribution in [3.8, 4) is 0 Å². The molecule has 1 aliphatic carbocycles. The van der Waals surface area contributed by atoms with Crippen LogP contribution in [0.3, 0.4) is 0 Å². The molecule has 0 aliphatic heterocycles. The van der Waals surface area contributed by atoms with Gasteiger partial charge >= 0.3 is 5.97 Å². The van der Waals surface area contributed by atoms with Crippen molar-refractivity contribution in [1.82, 2.24) is 0 Å². The van der Waals surface area contributed by atoms with Gasteiger partial charge in [0.15, 0.2) is 5.78 Å². The van der Waals surface area contributed by atoms with Crippen LogP contribution in [0.2, 0.25) is 0 Å². The van der Waals surface area contributed by atoms with Crippen molar-refractivity contribution in [2.45, 2.75) is 26.2 Å². The summed E-state index contributed by atoms with van der Waals surface area (Å²) in [7, 11) is 1.38. The fraction of sp³-hybridized carbons (Fsp3) is 0.294. The van der Waals surface area contributed by atoms with Gasteiger partial charge in [-0.2, -0.15) is 0 Å². The van der Waals surface area contributed by atoms with Gasteiger partial charge < -0.3 is 4.74 Å². The molecule has 0 saturated carbocycles. The lowest BCUT2D eigenvalue weighted by Crippen LogP contribution is -1.98. The van der Waals surface area contributed by atoms with Gasteiger partial charge in [-0.3, -0.25) is 9.59 Å². The van der Waals surface area contributed by atoms with Gasteiger partial charge in [0.25, 0.3) is 0 Å². The Hall–Kier alpha value is -2.16. The average molecular weight is 270 g/mol. The average Bonchev–Trinajstić information content (AvgIpc) is 2.74. The number of ether oxygens (including phenoxy) is 1. The Balaban J connectivity index is 2.19. The Morgan fingerprint density at radius 2 is 2.00 bits per heavy atom. The minimum absolute atomic E-state index is 0.151. The highest BCUT2D eigenvalue weighted by Crippen LogP contribution is 2.34. The highest BCUT2D eigenvalue weighted by Gasteiger charge is 2.25. The summed E-state index contributed by atoms with van der Waals surface area (Å²) >= 11 is 0. The second kappa shape index (κ2) is 6.33. The zero-order valence-corrected chi connectivity index (χ0v) is 11.8. The molecule has 3 heteroatoms. The molecule has 0 aromatic heterocycles. The number of esters is 1. The maximum Gasteiger partial charge on any atom is 0.305 e. The van der Waals surface area contributed by atoms with Crippen LogP contribution >= 0.6 is 0 Å². The number of hydrogen-bond donors (Lipinski definition) is 0. The van der Waals surface area contributed by atoms with Crippen molar-refractivity contribution in [1.29, 1.82) is 0 Å². The number of ketones is 1. The molecular formula is C17H18O3. The van der Waals surface area contributed by atoms with Crippen molar-refractivity contribution < 1.29 is 14.3 Å². The van der Waals surface area contributed by atoms with E-state index in [1.54, 1.807) is 0 Å². The Morgan fingerprint density at radius 3 is 2.65 bits per heavy atom. The van der Waals surface area contributed by atoms with E-state index in [4.69, 9.17) is 0 Å². The Labute approximate surface area is 118 Å². The zero-order valence-electron chi connectivity index (χ0n) is 11.8. The summed E-state index contributed by atoms with van der Waals surface area (Å²) in [5.74, 6) is -0.0749. The van der Waals surface area contributed by atoms with Crippen LogP contribution in [0.25, 0.3) is 5.57 Å². The first kappa shape index (κ1) is 14.3. The standard InChI is InChI=1S/C17H18O3/c1-12-14(9-6-10-16(19)20-2)11-15(18)17(12)13-7-4-3-5-8-13/h3-5,7-9H,6,10-11H2,1-2H3/b14-9-. The van der Waals surface area contributed by atoms with Crippen LogP contribution in [0.5, 0.6) is 0 Å². The largest absolute Gasteiger partial charge is 0.469 e. The summed E-state index contributed by atoms with van der Waals surface area (Å²) in [5.41, 5.74) is 3.81. The Bertz CT molecular complexity index is 580. The van der Waals surface area contributed by atoms with Crippen LogP contribution < -0.4 is 0 Å². The first-order valence-corrected chi connectivity index (χ1v) is 6.69. The second-order valence-corrected chi connectivity index (χ2v) is 4.81. The zero-order chi connectivity index (χ0) is 14.5. The molecule has 2 rings (SSSR count). The van der Waals surface area contributed by atoms with Crippen molar-refractivity contribution >= 4 is 17.3 Å². The second-order valence-electron chi connectivity index (χ2n) is 4.81. The van der Waals surface area contributed by atoms with E-state index in [9.17, 15) is 9.59 Å². The molecule has 0 atom stereocenters. The number of carbonyl (C=O) groups excluding carboxylic acids is 2. The van der Waals surface area contributed by atoms with Gasteiger partial charge in [-0.1, -0.05) is 36.4 Å². The van der Waals surface area contributed by atoms with Crippen molar-refractivity contribution in [3.05, 3.63) is 53.1 Å². The topological polar surface area (TPSA) is 43.4 Å². The monoisotopic (exact) mass is 270 g/mol. The van der Waals surface area contributed by atoms with Gasteiger partial charge in [0, 0.05) is 18.4 Å². The van der Waals surface area contributed by atoms with E-state index in [2.05, 4.69) is 4.74 Å². The summed E-state index contributed by atoms with van der Waals surface area (Å²) < 4.78 is 4.61. The summed E-state index contributed by atoms with van der Waals surface area (Å²) in [6.07, 6.45) is 3.36. The van der Waals surface area contributed by atoms with E-state index in [0.29, 0.717) is 19.3 Å². The van der Waals surface area contributed by atoms with Crippen LogP contribution in [0.4, 0.5) is 0 Å². The molecule has 0 saturated heterocycles. The van der Waals surface area contributed by atoms with Crippen molar-refractivity contribution in [3.63, 3.8) is 0 Å². The van der Waals surface area contributed by atoms with E-state index in [0.717, 1.165) is 22.3 Å². The molecule has 3 nitrogen and oxygen atoms in total. The fourth-order valence-electron chi connectivity index (χ4n) is 2.44. The molecule has 0 radical (unpaired) electrons. The first-order valence-electron chi connectivity index (χ1n) is 6.69. The Morgan fingerprint density at radius 1 is 1.30 bits per heavy atom. The third-order valence-electron chi connectivity index (χ3n) is 3.52. The van der Waals surface area contributed by atoms with Gasteiger partial charge in [0.2, 0.25) is 0 Å². The van der Waals surface area contributed by atoms with E-state index in [1.165, 1.54) is 7.11 Å². The maximum atomic E-state index is 12.2. The third-order valence-corrected chi connectivity index (χ3v) is 3.52. The number of hydrogen-bond acceptors (Lipinski definition) is 3. The molecule has 0 spiro atoms. The fourth-order valence-corrected chi connectivity index (χ4v) is 2.44. The molecule has 0 fully saturated rings. The van der Waals surface area contributed by atoms with Crippen LogP contribution in [-0.4, -0.2) is 18.9 Å². The van der Waals surface area contributed by atoms with E-state index < -0.39 is 0 Å². The lowest BCUT2D eigenvalue weighted by Gasteiger charge is -2.02.